The zero-order valence-electron chi connectivity index (χ0n) is 20.9. The number of piperidine rings is 1. The Balaban J connectivity index is 1.41. The summed E-state index contributed by atoms with van der Waals surface area (Å²) >= 11 is 6.38. The van der Waals surface area contributed by atoms with Crippen molar-refractivity contribution in [1.29, 1.82) is 0 Å². The standard InChI is InChI=1S/C27H34ClNO5S/c1-26(2,3)18-33-25(30)29-13-11-27(12-14-29)10-9-21-15-19(7-8-24(21)34-27)20-5-6-22(23(28)16-20)17-35(4,31)32/h5-8,15-16H,9-14,17-18H2,1-4H3. The van der Waals surface area contributed by atoms with Crippen LogP contribution in [0.2, 0.25) is 5.02 Å². The van der Waals surface area contributed by atoms with Crippen molar-refractivity contribution >= 4 is 27.5 Å². The lowest BCUT2D eigenvalue weighted by molar-refractivity contribution is -0.0171. The van der Waals surface area contributed by atoms with Gasteiger partial charge in [0.1, 0.15) is 11.4 Å². The molecule has 1 fully saturated rings. The van der Waals surface area contributed by atoms with Gasteiger partial charge in [-0.25, -0.2) is 13.2 Å². The second-order valence-corrected chi connectivity index (χ2v) is 13.6. The van der Waals surface area contributed by atoms with E-state index in [0.717, 1.165) is 48.1 Å². The van der Waals surface area contributed by atoms with Crippen LogP contribution in [0.25, 0.3) is 11.1 Å². The van der Waals surface area contributed by atoms with Crippen molar-refractivity contribution in [3.8, 4) is 16.9 Å². The molecule has 6 nitrogen and oxygen atoms in total. The Labute approximate surface area is 213 Å². The lowest BCUT2D eigenvalue weighted by atomic mass is 9.82. The number of carbonyl (C=O) groups is 1. The molecule has 0 unspecified atom stereocenters. The number of carbonyl (C=O) groups excluding carboxylic acids is 1. The first kappa shape index (κ1) is 25.8. The minimum absolute atomic E-state index is 0.0504. The molecule has 0 aliphatic carbocycles. The molecule has 1 spiro atoms. The maximum Gasteiger partial charge on any atom is 0.409 e. The Bertz CT molecular complexity index is 1210. The monoisotopic (exact) mass is 519 g/mol. The van der Waals surface area contributed by atoms with Crippen LogP contribution in [0.4, 0.5) is 4.79 Å². The molecule has 1 amide bonds. The highest BCUT2D eigenvalue weighted by atomic mass is 35.5. The molecule has 0 bridgehead atoms. The van der Waals surface area contributed by atoms with Gasteiger partial charge in [0.15, 0.2) is 9.84 Å². The van der Waals surface area contributed by atoms with Crippen LogP contribution in [0, 0.1) is 5.41 Å². The third-order valence-electron chi connectivity index (χ3n) is 6.60. The van der Waals surface area contributed by atoms with E-state index < -0.39 is 9.84 Å². The highest BCUT2D eigenvalue weighted by Gasteiger charge is 2.41. The van der Waals surface area contributed by atoms with Gasteiger partial charge in [-0.05, 0) is 58.7 Å². The molecule has 8 heteroatoms. The first-order valence-corrected chi connectivity index (χ1v) is 14.5. The molecule has 0 aromatic heterocycles. The number of halogens is 1. The van der Waals surface area contributed by atoms with Crippen molar-refractivity contribution in [2.45, 2.75) is 57.8 Å². The summed E-state index contributed by atoms with van der Waals surface area (Å²) in [5.41, 5.74) is 3.42. The summed E-state index contributed by atoms with van der Waals surface area (Å²) in [4.78, 5) is 14.2. The molecule has 35 heavy (non-hydrogen) atoms. The van der Waals surface area contributed by atoms with Gasteiger partial charge in [-0.3, -0.25) is 0 Å². The summed E-state index contributed by atoms with van der Waals surface area (Å²) in [5, 5.41) is 0.452. The van der Waals surface area contributed by atoms with Crippen LogP contribution < -0.4 is 4.74 Å². The summed E-state index contributed by atoms with van der Waals surface area (Å²) in [6.45, 7) is 7.82. The Morgan fingerprint density at radius 2 is 1.74 bits per heavy atom. The van der Waals surface area contributed by atoms with Crippen LogP contribution in [0.5, 0.6) is 5.75 Å². The number of aryl methyl sites for hydroxylation is 1. The Morgan fingerprint density at radius 1 is 1.09 bits per heavy atom. The summed E-state index contributed by atoms with van der Waals surface area (Å²) in [5.74, 6) is 0.821. The molecule has 2 aliphatic heterocycles. The van der Waals surface area contributed by atoms with Crippen molar-refractivity contribution in [3.63, 3.8) is 0 Å². The fraction of sp³-hybridized carbons (Fsp3) is 0.519. The third-order valence-corrected chi connectivity index (χ3v) is 7.79. The molecule has 0 atom stereocenters. The topological polar surface area (TPSA) is 72.9 Å². The maximum absolute atomic E-state index is 12.4. The third kappa shape index (κ3) is 6.50. The van der Waals surface area contributed by atoms with E-state index in [1.54, 1.807) is 11.0 Å². The molecular formula is C27H34ClNO5S. The smallest absolute Gasteiger partial charge is 0.409 e. The van der Waals surface area contributed by atoms with Gasteiger partial charge in [0.05, 0.1) is 12.4 Å². The van der Waals surface area contributed by atoms with Crippen LogP contribution >= 0.6 is 11.6 Å². The number of sulfone groups is 1. The molecule has 0 N–H and O–H groups in total. The fourth-order valence-electron chi connectivity index (χ4n) is 4.65. The molecule has 2 aliphatic rings. The predicted molar refractivity (Wildman–Crippen MR) is 139 cm³/mol. The van der Waals surface area contributed by atoms with Crippen LogP contribution in [-0.2, 0) is 26.7 Å². The van der Waals surface area contributed by atoms with Crippen LogP contribution in [-0.4, -0.2) is 51.0 Å². The van der Waals surface area contributed by atoms with Crippen molar-refractivity contribution in [2.24, 2.45) is 5.41 Å². The minimum Gasteiger partial charge on any atom is -0.487 e. The number of likely N-dealkylation sites (tertiary alicyclic amines) is 1. The number of amides is 1. The number of ether oxygens (including phenoxy) is 2. The van der Waals surface area contributed by atoms with E-state index in [0.29, 0.717) is 30.3 Å². The van der Waals surface area contributed by atoms with Crippen molar-refractivity contribution in [3.05, 3.63) is 52.5 Å². The second kappa shape index (κ2) is 9.66. The summed E-state index contributed by atoms with van der Waals surface area (Å²) < 4.78 is 35.2. The normalized spacial score (nSPS) is 17.6. The van der Waals surface area contributed by atoms with Gasteiger partial charge in [-0.15, -0.1) is 0 Å². The molecule has 0 saturated carbocycles. The van der Waals surface area contributed by atoms with Crippen molar-refractivity contribution in [2.75, 3.05) is 26.0 Å². The van der Waals surface area contributed by atoms with E-state index in [4.69, 9.17) is 21.1 Å². The number of hydrogen-bond donors (Lipinski definition) is 0. The van der Waals surface area contributed by atoms with E-state index in [2.05, 4.69) is 6.07 Å². The first-order valence-electron chi connectivity index (χ1n) is 12.0. The van der Waals surface area contributed by atoms with Crippen molar-refractivity contribution < 1.29 is 22.7 Å². The average molecular weight is 520 g/mol. The number of hydrogen-bond acceptors (Lipinski definition) is 5. The van der Waals surface area contributed by atoms with Gasteiger partial charge in [0.2, 0.25) is 0 Å². The Hall–Kier alpha value is -2.25. The number of fused-ring (bicyclic) bond motifs is 1. The van der Waals surface area contributed by atoms with E-state index in [1.807, 2.05) is 45.0 Å². The highest BCUT2D eigenvalue weighted by molar-refractivity contribution is 7.89. The summed E-state index contributed by atoms with van der Waals surface area (Å²) in [6, 6.07) is 11.7. The number of nitrogens with zero attached hydrogens (tertiary/aromatic N) is 1. The fourth-order valence-corrected chi connectivity index (χ4v) is 5.79. The molecule has 2 aromatic rings. The zero-order valence-corrected chi connectivity index (χ0v) is 22.5. The zero-order chi connectivity index (χ0) is 25.4. The average Bonchev–Trinajstić information content (AvgIpc) is 2.78. The first-order chi connectivity index (χ1) is 16.3. The second-order valence-electron chi connectivity index (χ2n) is 11.1. The minimum atomic E-state index is -3.15. The molecule has 0 radical (unpaired) electrons. The van der Waals surface area contributed by atoms with E-state index in [1.165, 1.54) is 6.26 Å². The number of benzene rings is 2. The van der Waals surface area contributed by atoms with Gasteiger partial charge < -0.3 is 14.4 Å². The van der Waals surface area contributed by atoms with Gasteiger partial charge in [-0.2, -0.15) is 0 Å². The van der Waals surface area contributed by atoms with Crippen LogP contribution in [0.3, 0.4) is 0 Å². The largest absolute Gasteiger partial charge is 0.487 e. The quantitative estimate of drug-likeness (QED) is 0.503. The molecule has 2 heterocycles. The molecular weight excluding hydrogens is 486 g/mol. The lowest BCUT2D eigenvalue weighted by Crippen LogP contribution is -2.51. The summed E-state index contributed by atoms with van der Waals surface area (Å²) in [6.07, 6.45) is 4.35. The highest BCUT2D eigenvalue weighted by Crippen LogP contribution is 2.41. The van der Waals surface area contributed by atoms with Crippen molar-refractivity contribution in [1.82, 2.24) is 4.90 Å². The SMILES string of the molecule is CC(C)(C)COC(=O)N1CCC2(CCc3cc(-c4ccc(CS(C)(=O)=O)c(Cl)c4)ccc3O2)CC1. The predicted octanol–water partition coefficient (Wildman–Crippen LogP) is 5.89. The van der Waals surface area contributed by atoms with Gasteiger partial charge in [0, 0.05) is 37.2 Å². The van der Waals surface area contributed by atoms with Crippen LogP contribution in [0.15, 0.2) is 36.4 Å². The molecule has 1 saturated heterocycles. The molecule has 190 valence electrons. The Morgan fingerprint density at radius 3 is 2.37 bits per heavy atom. The molecule has 4 rings (SSSR count). The van der Waals surface area contributed by atoms with Gasteiger partial charge in [-0.1, -0.05) is 50.6 Å². The lowest BCUT2D eigenvalue weighted by Gasteiger charge is -2.44. The van der Waals surface area contributed by atoms with Gasteiger partial charge in [0.25, 0.3) is 0 Å². The van der Waals surface area contributed by atoms with E-state index >= 15 is 0 Å². The van der Waals surface area contributed by atoms with E-state index in [9.17, 15) is 13.2 Å². The molecule has 2 aromatic carbocycles. The summed E-state index contributed by atoms with van der Waals surface area (Å²) in [7, 11) is -3.15. The Kier molecular flexibility index (Phi) is 7.13. The number of rotatable bonds is 4. The van der Waals surface area contributed by atoms with Gasteiger partial charge >= 0.3 is 6.09 Å². The maximum atomic E-state index is 12.4. The van der Waals surface area contributed by atoms with E-state index in [-0.39, 0.29) is 22.9 Å². The van der Waals surface area contributed by atoms with Crippen LogP contribution in [0.1, 0.15) is 51.2 Å².